The van der Waals surface area contributed by atoms with Crippen molar-refractivity contribution in [3.63, 3.8) is 0 Å². The molecule has 0 saturated carbocycles. The van der Waals surface area contributed by atoms with E-state index in [1.165, 1.54) is 0 Å². The van der Waals surface area contributed by atoms with Crippen LogP contribution in [-0.2, 0) is 93.6 Å². The lowest BCUT2D eigenvalue weighted by atomic mass is 9.97. The number of benzene rings is 8. The fourth-order valence-corrected chi connectivity index (χ4v) is 10.8. The molecule has 2 aliphatic heterocycles. The number of ether oxygens (including phenoxy) is 10. The molecule has 0 aromatic heterocycles. The SMILES string of the molecule is c1ccc(COC[C@H]2O[C@H](OC[C@H]3O[C@H](Sc4ccccc4)[C@@H](OCc4ccccc4)[C@@H](OCc4ccccc4)[C@@H]3OCc3ccccc3)[C@@H](OCc3ccccc3)[C@@H](OCc3ccccc3)[C@@H]2OCc2ccccc2)cc1. The van der Waals surface area contributed by atoms with Gasteiger partial charge in [0, 0.05) is 4.90 Å². The first-order valence-electron chi connectivity index (χ1n) is 26.9. The molecule has 8 aromatic carbocycles. The van der Waals surface area contributed by atoms with Crippen molar-refractivity contribution in [1.29, 1.82) is 0 Å². The zero-order chi connectivity index (χ0) is 52.8. The standard InChI is InChI=1S/C67H68O10S/c1-9-25-50(26-10-1)41-68-48-58-60(69-42-51-27-11-2-12-28-51)62(71-44-53-31-15-4-16-32-53)64(73-46-55-35-19-6-20-36-55)66(76-58)75-49-59-61(70-43-52-29-13-3-14-30-52)63(72-45-54-33-17-5-18-34-54)65(74-47-56-37-21-7-22-38-56)67(77-59)78-57-39-23-8-24-40-57/h1-40,58-67H,41-49H2/t58-,59-,60-,61-,62+,63+,64+,65+,66+,67-/m1/s1. The summed E-state index contributed by atoms with van der Waals surface area (Å²) in [6.07, 6.45) is -6.40. The van der Waals surface area contributed by atoms with Crippen LogP contribution in [0.25, 0.3) is 0 Å². The van der Waals surface area contributed by atoms with Crippen molar-refractivity contribution in [2.45, 2.75) is 112 Å². The van der Waals surface area contributed by atoms with E-state index >= 15 is 0 Å². The Morgan fingerprint density at radius 1 is 0.269 bits per heavy atom. The monoisotopic (exact) mass is 1060 g/mol. The summed E-state index contributed by atoms with van der Waals surface area (Å²) in [5, 5.41) is 0. The normalized spacial score (nSPS) is 23.2. The lowest BCUT2D eigenvalue weighted by Crippen LogP contribution is -2.63. The van der Waals surface area contributed by atoms with Gasteiger partial charge in [-0.1, -0.05) is 242 Å². The third-order valence-corrected chi connectivity index (χ3v) is 14.9. The summed E-state index contributed by atoms with van der Waals surface area (Å²) < 4.78 is 70.6. The fraction of sp³-hybridized carbons (Fsp3) is 0.284. The molecular weight excluding hydrogens is 997 g/mol. The van der Waals surface area contributed by atoms with Gasteiger partial charge in [0.25, 0.3) is 0 Å². The first kappa shape index (κ1) is 55.0. The summed E-state index contributed by atoms with van der Waals surface area (Å²) in [5.74, 6) is 0. The van der Waals surface area contributed by atoms with Gasteiger partial charge in [-0.3, -0.25) is 0 Å². The van der Waals surface area contributed by atoms with Gasteiger partial charge < -0.3 is 47.4 Å². The minimum absolute atomic E-state index is 0.0241. The van der Waals surface area contributed by atoms with Crippen molar-refractivity contribution in [3.05, 3.63) is 282 Å². The van der Waals surface area contributed by atoms with Crippen molar-refractivity contribution < 1.29 is 47.4 Å². The van der Waals surface area contributed by atoms with Crippen LogP contribution in [0.3, 0.4) is 0 Å². The molecule has 0 aliphatic carbocycles. The quantitative estimate of drug-likeness (QED) is 0.0493. The molecule has 2 heterocycles. The van der Waals surface area contributed by atoms with Gasteiger partial charge in [0.05, 0.1) is 59.5 Å². The molecule has 2 fully saturated rings. The molecule has 0 N–H and O–H groups in total. The van der Waals surface area contributed by atoms with E-state index in [-0.39, 0.29) is 33.0 Å². The van der Waals surface area contributed by atoms with Crippen LogP contribution in [0.15, 0.2) is 248 Å². The highest BCUT2D eigenvalue weighted by Gasteiger charge is 2.52. The minimum Gasteiger partial charge on any atom is -0.374 e. The maximum absolute atomic E-state index is 7.34. The van der Waals surface area contributed by atoms with Gasteiger partial charge in [0.2, 0.25) is 0 Å². The predicted octanol–water partition coefficient (Wildman–Crippen LogP) is 13.0. The topological polar surface area (TPSA) is 92.3 Å². The van der Waals surface area contributed by atoms with Gasteiger partial charge in [-0.25, -0.2) is 0 Å². The highest BCUT2D eigenvalue weighted by Crippen LogP contribution is 2.40. The summed E-state index contributed by atoms with van der Waals surface area (Å²) in [7, 11) is 0. The smallest absolute Gasteiger partial charge is 0.187 e. The molecule has 8 aromatic rings. The molecular formula is C67H68O10S. The summed E-state index contributed by atoms with van der Waals surface area (Å²) in [4.78, 5) is 1.02. The Kier molecular flexibility index (Phi) is 20.9. The Morgan fingerprint density at radius 3 is 0.949 bits per heavy atom. The van der Waals surface area contributed by atoms with E-state index in [0.29, 0.717) is 26.4 Å². The molecule has 402 valence electrons. The van der Waals surface area contributed by atoms with E-state index in [4.69, 9.17) is 47.4 Å². The second kappa shape index (κ2) is 29.6. The Hall–Kier alpha value is -6.29. The van der Waals surface area contributed by atoms with Crippen LogP contribution in [-0.4, -0.2) is 73.8 Å². The van der Waals surface area contributed by atoms with Gasteiger partial charge in [-0.15, -0.1) is 0 Å². The summed E-state index contributed by atoms with van der Waals surface area (Å²) >= 11 is 1.59. The largest absolute Gasteiger partial charge is 0.374 e. The third-order valence-electron chi connectivity index (χ3n) is 13.7. The third kappa shape index (κ3) is 16.2. The van der Waals surface area contributed by atoms with Crippen molar-refractivity contribution >= 4 is 11.8 Å². The van der Waals surface area contributed by atoms with Gasteiger partial charge >= 0.3 is 0 Å². The van der Waals surface area contributed by atoms with Crippen LogP contribution in [0.4, 0.5) is 0 Å². The Bertz CT molecular complexity index is 2880. The summed E-state index contributed by atoms with van der Waals surface area (Å²) in [6.45, 7) is 2.37. The van der Waals surface area contributed by atoms with Crippen molar-refractivity contribution in [2.75, 3.05) is 13.2 Å². The van der Waals surface area contributed by atoms with Crippen molar-refractivity contribution in [1.82, 2.24) is 0 Å². The van der Waals surface area contributed by atoms with Crippen LogP contribution in [0.1, 0.15) is 38.9 Å². The van der Waals surface area contributed by atoms with Gasteiger partial charge in [0.1, 0.15) is 54.3 Å². The Labute approximate surface area is 463 Å². The predicted molar refractivity (Wildman–Crippen MR) is 302 cm³/mol. The van der Waals surface area contributed by atoms with Gasteiger partial charge in [-0.2, -0.15) is 0 Å². The molecule has 11 heteroatoms. The fourth-order valence-electron chi connectivity index (χ4n) is 9.68. The highest BCUT2D eigenvalue weighted by molar-refractivity contribution is 7.99. The molecule has 78 heavy (non-hydrogen) atoms. The number of hydrogen-bond acceptors (Lipinski definition) is 11. The molecule has 0 bridgehead atoms. The first-order valence-corrected chi connectivity index (χ1v) is 27.8. The highest BCUT2D eigenvalue weighted by atomic mass is 32.2. The molecule has 0 radical (unpaired) electrons. The number of rotatable bonds is 27. The lowest BCUT2D eigenvalue weighted by molar-refractivity contribution is -0.337. The minimum atomic E-state index is -0.995. The first-order chi connectivity index (χ1) is 38.7. The summed E-state index contributed by atoms with van der Waals surface area (Å²) in [5.41, 5.74) is 6.54. The van der Waals surface area contributed by atoms with E-state index in [9.17, 15) is 0 Å². The number of hydrogen-bond donors (Lipinski definition) is 0. The molecule has 2 aliphatic rings. The summed E-state index contributed by atoms with van der Waals surface area (Å²) in [6, 6.07) is 81.3. The van der Waals surface area contributed by atoms with Crippen LogP contribution in [0, 0.1) is 0 Å². The van der Waals surface area contributed by atoms with Crippen molar-refractivity contribution in [3.8, 4) is 0 Å². The molecule has 0 spiro atoms. The maximum atomic E-state index is 7.34. The lowest BCUT2D eigenvalue weighted by Gasteiger charge is -2.48. The second-order valence-corrected chi connectivity index (χ2v) is 20.6. The Morgan fingerprint density at radius 2 is 0.564 bits per heavy atom. The molecule has 2 saturated heterocycles. The molecule has 10 nitrogen and oxygen atoms in total. The van der Waals surface area contributed by atoms with E-state index in [1.54, 1.807) is 11.8 Å². The van der Waals surface area contributed by atoms with Crippen LogP contribution >= 0.6 is 11.8 Å². The zero-order valence-corrected chi connectivity index (χ0v) is 44.5. The number of thioether (sulfide) groups is 1. The average molecular weight is 1070 g/mol. The van der Waals surface area contributed by atoms with E-state index in [0.717, 1.165) is 43.8 Å². The van der Waals surface area contributed by atoms with E-state index in [2.05, 4.69) is 72.8 Å². The molecule has 0 unspecified atom stereocenters. The molecule has 10 rings (SSSR count). The molecule has 10 atom stereocenters. The zero-order valence-electron chi connectivity index (χ0n) is 43.7. The second-order valence-electron chi connectivity index (χ2n) is 19.4. The molecule has 0 amide bonds. The van der Waals surface area contributed by atoms with Crippen LogP contribution in [0.2, 0.25) is 0 Å². The van der Waals surface area contributed by atoms with E-state index < -0.39 is 60.6 Å². The average Bonchev–Trinajstić information content (AvgIpc) is 3.52. The van der Waals surface area contributed by atoms with Gasteiger partial charge in [-0.05, 0) is 51.1 Å². The van der Waals surface area contributed by atoms with Gasteiger partial charge in [0.15, 0.2) is 6.29 Å². The van der Waals surface area contributed by atoms with E-state index in [1.807, 2.05) is 170 Å². The van der Waals surface area contributed by atoms with Crippen molar-refractivity contribution in [2.24, 2.45) is 0 Å². The van der Waals surface area contributed by atoms with Crippen LogP contribution < -0.4 is 0 Å². The van der Waals surface area contributed by atoms with Crippen LogP contribution in [0.5, 0.6) is 0 Å². The Balaban J connectivity index is 1.01. The maximum Gasteiger partial charge on any atom is 0.187 e.